The summed E-state index contributed by atoms with van der Waals surface area (Å²) in [6, 6.07) is 4.97. The molecule has 1 aliphatic rings. The minimum atomic E-state index is -4.38. The number of alkyl halides is 3. The Balaban J connectivity index is 1.83. The van der Waals surface area contributed by atoms with Crippen LogP contribution in [0.2, 0.25) is 0 Å². The SMILES string of the molecule is Cc1cc(C(=O)N2CCc3cc(C(F)(F)F)ccc3C2)n[nH]c1=O. The Kier molecular flexibility index (Phi) is 3.90. The van der Waals surface area contributed by atoms with Gasteiger partial charge in [0.25, 0.3) is 11.5 Å². The zero-order valence-corrected chi connectivity index (χ0v) is 12.8. The molecule has 1 aliphatic heterocycles. The largest absolute Gasteiger partial charge is 0.416 e. The number of fused-ring (bicyclic) bond motifs is 1. The Morgan fingerprint density at radius 3 is 2.67 bits per heavy atom. The van der Waals surface area contributed by atoms with Gasteiger partial charge in [0.2, 0.25) is 0 Å². The molecule has 0 saturated heterocycles. The summed E-state index contributed by atoms with van der Waals surface area (Å²) in [6.45, 7) is 2.08. The molecule has 3 rings (SSSR count). The molecule has 0 spiro atoms. The molecule has 0 bridgehead atoms. The number of amides is 1. The molecule has 24 heavy (non-hydrogen) atoms. The van der Waals surface area contributed by atoms with E-state index in [0.717, 1.165) is 12.1 Å². The molecule has 0 aliphatic carbocycles. The molecule has 8 heteroatoms. The Hall–Kier alpha value is -2.64. The van der Waals surface area contributed by atoms with E-state index in [2.05, 4.69) is 10.2 Å². The van der Waals surface area contributed by atoms with Gasteiger partial charge in [0, 0.05) is 18.7 Å². The fourth-order valence-corrected chi connectivity index (χ4v) is 2.68. The number of hydrogen-bond donors (Lipinski definition) is 1. The van der Waals surface area contributed by atoms with Gasteiger partial charge in [-0.2, -0.15) is 18.3 Å². The van der Waals surface area contributed by atoms with Gasteiger partial charge in [0.1, 0.15) is 5.69 Å². The predicted molar refractivity (Wildman–Crippen MR) is 79.5 cm³/mol. The van der Waals surface area contributed by atoms with Crippen LogP contribution in [0.15, 0.2) is 29.1 Å². The van der Waals surface area contributed by atoms with Crippen molar-refractivity contribution in [2.24, 2.45) is 0 Å². The molecule has 2 aromatic rings. The second-order valence-electron chi connectivity index (χ2n) is 5.72. The zero-order chi connectivity index (χ0) is 17.5. The lowest BCUT2D eigenvalue weighted by Crippen LogP contribution is -2.37. The second kappa shape index (κ2) is 5.77. The summed E-state index contributed by atoms with van der Waals surface area (Å²) in [7, 11) is 0. The third-order valence-electron chi connectivity index (χ3n) is 4.04. The molecule has 1 aromatic carbocycles. The normalized spacial score (nSPS) is 14.4. The van der Waals surface area contributed by atoms with Crippen LogP contribution >= 0.6 is 0 Å². The topological polar surface area (TPSA) is 66.1 Å². The lowest BCUT2D eigenvalue weighted by Gasteiger charge is -2.29. The highest BCUT2D eigenvalue weighted by Gasteiger charge is 2.32. The molecule has 1 aromatic heterocycles. The van der Waals surface area contributed by atoms with Gasteiger partial charge in [-0.1, -0.05) is 6.07 Å². The molecule has 1 N–H and O–H groups in total. The van der Waals surface area contributed by atoms with Crippen LogP contribution < -0.4 is 5.56 Å². The van der Waals surface area contributed by atoms with Crippen LogP contribution in [0.4, 0.5) is 13.2 Å². The van der Waals surface area contributed by atoms with Crippen LogP contribution in [0, 0.1) is 6.92 Å². The van der Waals surface area contributed by atoms with Gasteiger partial charge >= 0.3 is 6.18 Å². The number of aromatic amines is 1. The maximum atomic E-state index is 12.8. The minimum absolute atomic E-state index is 0.113. The van der Waals surface area contributed by atoms with Crippen LogP contribution in [0.1, 0.15) is 32.7 Å². The van der Waals surface area contributed by atoms with E-state index < -0.39 is 11.7 Å². The summed E-state index contributed by atoms with van der Waals surface area (Å²) < 4.78 is 38.3. The van der Waals surface area contributed by atoms with E-state index in [1.165, 1.54) is 17.0 Å². The fraction of sp³-hybridized carbons (Fsp3) is 0.312. The number of aromatic nitrogens is 2. The lowest BCUT2D eigenvalue weighted by atomic mass is 9.97. The molecule has 0 atom stereocenters. The number of rotatable bonds is 1. The van der Waals surface area contributed by atoms with Crippen LogP contribution in [0.25, 0.3) is 0 Å². The first-order valence-corrected chi connectivity index (χ1v) is 7.30. The maximum absolute atomic E-state index is 12.8. The molecule has 0 radical (unpaired) electrons. The van der Waals surface area contributed by atoms with Gasteiger partial charge in [-0.3, -0.25) is 9.59 Å². The summed E-state index contributed by atoms with van der Waals surface area (Å²) in [5.41, 5.74) is 0.723. The number of H-pyrrole nitrogens is 1. The highest BCUT2D eigenvalue weighted by molar-refractivity contribution is 5.92. The van der Waals surface area contributed by atoms with E-state index in [1.54, 1.807) is 6.92 Å². The van der Waals surface area contributed by atoms with Crippen LogP contribution in [-0.2, 0) is 19.1 Å². The smallest absolute Gasteiger partial charge is 0.333 e. The molecule has 126 valence electrons. The van der Waals surface area contributed by atoms with Crippen molar-refractivity contribution < 1.29 is 18.0 Å². The Morgan fingerprint density at radius 2 is 2.00 bits per heavy atom. The third kappa shape index (κ3) is 3.04. The first kappa shape index (κ1) is 16.2. The molecule has 5 nitrogen and oxygen atoms in total. The van der Waals surface area contributed by atoms with Crippen molar-refractivity contribution in [1.29, 1.82) is 0 Å². The molecule has 0 fully saturated rings. The van der Waals surface area contributed by atoms with Gasteiger partial charge in [-0.05, 0) is 42.7 Å². The van der Waals surface area contributed by atoms with Crippen molar-refractivity contribution in [2.45, 2.75) is 26.1 Å². The quantitative estimate of drug-likeness (QED) is 0.868. The van der Waals surface area contributed by atoms with Gasteiger partial charge in [0.15, 0.2) is 0 Å². The maximum Gasteiger partial charge on any atom is 0.416 e. The minimum Gasteiger partial charge on any atom is -0.333 e. The number of carbonyl (C=O) groups excluding carboxylic acids is 1. The van der Waals surface area contributed by atoms with Crippen molar-refractivity contribution in [3.8, 4) is 0 Å². The fourth-order valence-electron chi connectivity index (χ4n) is 2.68. The zero-order valence-electron chi connectivity index (χ0n) is 12.8. The average molecular weight is 337 g/mol. The van der Waals surface area contributed by atoms with Gasteiger partial charge < -0.3 is 4.90 Å². The molecule has 0 unspecified atom stereocenters. The molecule has 2 heterocycles. The van der Waals surface area contributed by atoms with Gasteiger partial charge in [-0.15, -0.1) is 0 Å². The van der Waals surface area contributed by atoms with Gasteiger partial charge in [-0.25, -0.2) is 5.10 Å². The standard InChI is InChI=1S/C16H14F3N3O2/c1-9-6-13(20-21-14(9)23)15(24)22-5-4-10-7-12(16(17,18)19)3-2-11(10)8-22/h2-3,6-7H,4-5,8H2,1H3,(H,21,23). The molecular weight excluding hydrogens is 323 g/mol. The van der Waals surface area contributed by atoms with Crippen molar-refractivity contribution in [2.75, 3.05) is 6.54 Å². The molecular formula is C16H14F3N3O2. The number of nitrogens with one attached hydrogen (secondary N) is 1. The molecule has 0 saturated carbocycles. The van der Waals surface area contributed by atoms with Crippen LogP contribution in [0.3, 0.4) is 0 Å². The van der Waals surface area contributed by atoms with E-state index >= 15 is 0 Å². The van der Waals surface area contributed by atoms with Gasteiger partial charge in [0.05, 0.1) is 5.56 Å². The van der Waals surface area contributed by atoms with Crippen molar-refractivity contribution in [1.82, 2.24) is 15.1 Å². The number of hydrogen-bond acceptors (Lipinski definition) is 3. The first-order chi connectivity index (χ1) is 11.3. The predicted octanol–water partition coefficient (Wildman–Crippen LogP) is 2.30. The summed E-state index contributed by atoms with van der Waals surface area (Å²) in [5.74, 6) is -0.361. The monoisotopic (exact) mass is 337 g/mol. The average Bonchev–Trinajstić information content (AvgIpc) is 2.55. The number of halogens is 3. The van der Waals surface area contributed by atoms with Crippen LogP contribution in [-0.4, -0.2) is 27.5 Å². The Bertz CT molecular complexity index is 858. The summed E-state index contributed by atoms with van der Waals surface area (Å²) in [5, 5.41) is 5.99. The Labute approximate surface area is 135 Å². The van der Waals surface area contributed by atoms with Crippen molar-refractivity contribution in [3.05, 3.63) is 62.6 Å². The van der Waals surface area contributed by atoms with Crippen LogP contribution in [0.5, 0.6) is 0 Å². The summed E-state index contributed by atoms with van der Waals surface area (Å²) >= 11 is 0. The highest BCUT2D eigenvalue weighted by atomic mass is 19.4. The number of nitrogens with zero attached hydrogens (tertiary/aromatic N) is 2. The number of aryl methyl sites for hydroxylation is 1. The van der Waals surface area contributed by atoms with E-state index in [9.17, 15) is 22.8 Å². The van der Waals surface area contributed by atoms with Crippen molar-refractivity contribution in [3.63, 3.8) is 0 Å². The second-order valence-corrected chi connectivity index (χ2v) is 5.72. The van der Waals surface area contributed by atoms with E-state index in [4.69, 9.17) is 0 Å². The van der Waals surface area contributed by atoms with E-state index in [0.29, 0.717) is 29.7 Å². The summed E-state index contributed by atoms with van der Waals surface area (Å²) in [4.78, 5) is 25.3. The lowest BCUT2D eigenvalue weighted by molar-refractivity contribution is -0.137. The number of benzene rings is 1. The Morgan fingerprint density at radius 1 is 1.25 bits per heavy atom. The highest BCUT2D eigenvalue weighted by Crippen LogP contribution is 2.32. The van der Waals surface area contributed by atoms with E-state index in [-0.39, 0.29) is 23.7 Å². The third-order valence-corrected chi connectivity index (χ3v) is 4.04. The first-order valence-electron chi connectivity index (χ1n) is 7.30. The summed E-state index contributed by atoms with van der Waals surface area (Å²) in [6.07, 6.45) is -4.04. The molecule has 1 amide bonds. The number of carbonyl (C=O) groups is 1. The van der Waals surface area contributed by atoms with Crippen molar-refractivity contribution >= 4 is 5.91 Å². The van der Waals surface area contributed by atoms with E-state index in [1.807, 2.05) is 0 Å².